The lowest BCUT2D eigenvalue weighted by atomic mass is 10.2. The molecule has 0 N–H and O–H groups in total. The summed E-state index contributed by atoms with van der Waals surface area (Å²) in [5, 5.41) is 0. The van der Waals surface area contributed by atoms with Gasteiger partial charge >= 0.3 is 5.51 Å². The summed E-state index contributed by atoms with van der Waals surface area (Å²) in [6, 6.07) is 7.13. The Bertz CT molecular complexity index is 794. The number of aromatic nitrogens is 2. The highest BCUT2D eigenvalue weighted by atomic mass is 32.2. The summed E-state index contributed by atoms with van der Waals surface area (Å²) in [6.07, 6.45) is 1.61. The summed E-state index contributed by atoms with van der Waals surface area (Å²) in [5.74, 6) is 0.801. The standard InChI is InChI=1S/C17H17F3N4O2S/c1-26-14-6-7-21-16(22-14)24-10-8-23(9-11-24)15(25)12-2-4-13(5-3-12)27-17(18,19)20/h2-7H,8-11H2,1H3. The number of anilines is 1. The number of benzene rings is 1. The van der Waals surface area contributed by atoms with E-state index in [2.05, 4.69) is 9.97 Å². The lowest BCUT2D eigenvalue weighted by Crippen LogP contribution is -2.49. The number of ether oxygens (including phenoxy) is 1. The van der Waals surface area contributed by atoms with Crippen molar-refractivity contribution in [2.24, 2.45) is 0 Å². The van der Waals surface area contributed by atoms with Crippen molar-refractivity contribution < 1.29 is 22.7 Å². The zero-order valence-corrected chi connectivity index (χ0v) is 15.3. The van der Waals surface area contributed by atoms with E-state index in [1.807, 2.05) is 4.90 Å². The van der Waals surface area contributed by atoms with Crippen LogP contribution in [0.15, 0.2) is 41.4 Å². The zero-order valence-electron chi connectivity index (χ0n) is 14.4. The van der Waals surface area contributed by atoms with Crippen LogP contribution in [-0.2, 0) is 0 Å². The van der Waals surface area contributed by atoms with Crippen molar-refractivity contribution in [1.82, 2.24) is 14.9 Å². The Kier molecular flexibility index (Phi) is 5.73. The van der Waals surface area contributed by atoms with Crippen LogP contribution in [0.3, 0.4) is 0 Å². The second-order valence-electron chi connectivity index (χ2n) is 5.75. The van der Waals surface area contributed by atoms with Gasteiger partial charge in [-0.25, -0.2) is 4.98 Å². The number of halogens is 3. The molecule has 1 saturated heterocycles. The van der Waals surface area contributed by atoms with Crippen LogP contribution in [0.25, 0.3) is 0 Å². The van der Waals surface area contributed by atoms with Crippen molar-refractivity contribution in [2.45, 2.75) is 10.4 Å². The summed E-state index contributed by atoms with van der Waals surface area (Å²) < 4.78 is 42.2. The molecule has 3 rings (SSSR count). The van der Waals surface area contributed by atoms with Crippen LogP contribution in [-0.4, -0.2) is 59.6 Å². The van der Waals surface area contributed by atoms with Gasteiger partial charge in [-0.2, -0.15) is 18.2 Å². The normalized spacial score (nSPS) is 15.0. The third kappa shape index (κ3) is 5.03. The molecule has 1 amide bonds. The largest absolute Gasteiger partial charge is 0.481 e. The van der Waals surface area contributed by atoms with Crippen LogP contribution in [0.2, 0.25) is 0 Å². The van der Waals surface area contributed by atoms with Gasteiger partial charge < -0.3 is 14.5 Å². The van der Waals surface area contributed by atoms with E-state index in [0.717, 1.165) is 0 Å². The lowest BCUT2D eigenvalue weighted by Gasteiger charge is -2.34. The van der Waals surface area contributed by atoms with Crippen molar-refractivity contribution in [3.05, 3.63) is 42.1 Å². The van der Waals surface area contributed by atoms with E-state index in [-0.39, 0.29) is 22.6 Å². The Balaban J connectivity index is 1.59. The fourth-order valence-corrected chi connectivity index (χ4v) is 3.23. The van der Waals surface area contributed by atoms with Crippen LogP contribution in [0.5, 0.6) is 5.88 Å². The predicted octanol–water partition coefficient (Wildman–Crippen LogP) is 3.06. The fraction of sp³-hybridized carbons (Fsp3) is 0.353. The molecule has 1 aliphatic heterocycles. The van der Waals surface area contributed by atoms with E-state index in [1.165, 1.54) is 31.4 Å². The highest BCUT2D eigenvalue weighted by Gasteiger charge is 2.29. The Labute approximate surface area is 158 Å². The Morgan fingerprint density at radius 3 is 2.37 bits per heavy atom. The number of nitrogens with zero attached hydrogens (tertiary/aromatic N) is 4. The van der Waals surface area contributed by atoms with Gasteiger partial charge in [0, 0.05) is 48.9 Å². The molecule has 1 aromatic carbocycles. The first kappa shape index (κ1) is 19.3. The summed E-state index contributed by atoms with van der Waals surface area (Å²) in [7, 11) is 1.53. The van der Waals surface area contributed by atoms with Gasteiger partial charge in [0.15, 0.2) is 0 Å². The molecule has 0 spiro atoms. The summed E-state index contributed by atoms with van der Waals surface area (Å²) in [4.78, 5) is 24.7. The Morgan fingerprint density at radius 1 is 1.11 bits per heavy atom. The van der Waals surface area contributed by atoms with Gasteiger partial charge in [0.2, 0.25) is 11.8 Å². The predicted molar refractivity (Wildman–Crippen MR) is 95.1 cm³/mol. The number of methoxy groups -OCH3 is 1. The van der Waals surface area contributed by atoms with Gasteiger partial charge in [-0.15, -0.1) is 0 Å². The number of amides is 1. The van der Waals surface area contributed by atoms with Crippen molar-refractivity contribution >= 4 is 23.6 Å². The fourth-order valence-electron chi connectivity index (χ4n) is 2.69. The highest BCUT2D eigenvalue weighted by molar-refractivity contribution is 8.00. The van der Waals surface area contributed by atoms with Gasteiger partial charge in [0.25, 0.3) is 5.91 Å². The van der Waals surface area contributed by atoms with E-state index in [0.29, 0.717) is 43.6 Å². The molecule has 0 unspecified atom stereocenters. The molecule has 0 bridgehead atoms. The maximum Gasteiger partial charge on any atom is 0.446 e. The van der Waals surface area contributed by atoms with Crippen LogP contribution < -0.4 is 9.64 Å². The number of rotatable bonds is 4. The number of hydrogen-bond acceptors (Lipinski definition) is 6. The van der Waals surface area contributed by atoms with E-state index in [9.17, 15) is 18.0 Å². The minimum Gasteiger partial charge on any atom is -0.481 e. The van der Waals surface area contributed by atoms with Crippen LogP contribution in [0.1, 0.15) is 10.4 Å². The molecule has 1 fully saturated rings. The Hall–Kier alpha value is -2.49. The maximum atomic E-state index is 12.6. The van der Waals surface area contributed by atoms with Crippen molar-refractivity contribution in [2.75, 3.05) is 38.2 Å². The van der Waals surface area contributed by atoms with Gasteiger partial charge in [0.1, 0.15) is 0 Å². The third-order valence-corrected chi connectivity index (χ3v) is 4.75. The third-order valence-electron chi connectivity index (χ3n) is 4.01. The quantitative estimate of drug-likeness (QED) is 0.738. The average Bonchev–Trinajstić information content (AvgIpc) is 2.67. The second-order valence-corrected chi connectivity index (χ2v) is 6.89. The van der Waals surface area contributed by atoms with E-state index in [4.69, 9.17) is 4.74 Å². The molecule has 0 atom stereocenters. The number of carbonyl (C=O) groups is 1. The van der Waals surface area contributed by atoms with Gasteiger partial charge in [-0.3, -0.25) is 4.79 Å². The highest BCUT2D eigenvalue weighted by Crippen LogP contribution is 2.36. The van der Waals surface area contributed by atoms with Crippen LogP contribution >= 0.6 is 11.8 Å². The molecule has 2 aromatic rings. The van der Waals surface area contributed by atoms with Gasteiger partial charge in [-0.05, 0) is 36.0 Å². The molecule has 1 aliphatic rings. The molecule has 0 aliphatic carbocycles. The van der Waals surface area contributed by atoms with Crippen molar-refractivity contribution in [3.8, 4) is 5.88 Å². The van der Waals surface area contributed by atoms with E-state index in [1.54, 1.807) is 17.2 Å². The Morgan fingerprint density at radius 2 is 1.78 bits per heavy atom. The average molecular weight is 398 g/mol. The molecular weight excluding hydrogens is 381 g/mol. The van der Waals surface area contributed by atoms with Gasteiger partial charge in [0.05, 0.1) is 7.11 Å². The number of carbonyl (C=O) groups excluding carboxylic acids is 1. The molecule has 144 valence electrons. The number of piperazine rings is 1. The molecule has 2 heterocycles. The topological polar surface area (TPSA) is 58.6 Å². The first-order valence-corrected chi connectivity index (χ1v) is 8.94. The number of alkyl halides is 3. The molecule has 0 saturated carbocycles. The summed E-state index contributed by atoms with van der Waals surface area (Å²) in [5.41, 5.74) is -3.98. The SMILES string of the molecule is COc1ccnc(N2CCN(C(=O)c3ccc(SC(F)(F)F)cc3)CC2)n1. The molecular formula is C17H17F3N4O2S. The number of hydrogen-bond donors (Lipinski definition) is 0. The molecule has 27 heavy (non-hydrogen) atoms. The number of thioether (sulfide) groups is 1. The zero-order chi connectivity index (χ0) is 19.4. The minimum absolute atomic E-state index is 0.0547. The first-order chi connectivity index (χ1) is 12.9. The van der Waals surface area contributed by atoms with E-state index >= 15 is 0 Å². The monoisotopic (exact) mass is 398 g/mol. The van der Waals surface area contributed by atoms with Gasteiger partial charge in [-0.1, -0.05) is 0 Å². The summed E-state index contributed by atoms with van der Waals surface area (Å²) in [6.45, 7) is 2.05. The van der Waals surface area contributed by atoms with E-state index < -0.39 is 5.51 Å². The second kappa shape index (κ2) is 8.03. The molecule has 0 radical (unpaired) electrons. The smallest absolute Gasteiger partial charge is 0.446 e. The lowest BCUT2D eigenvalue weighted by molar-refractivity contribution is -0.0328. The van der Waals surface area contributed by atoms with Crippen molar-refractivity contribution in [1.29, 1.82) is 0 Å². The first-order valence-electron chi connectivity index (χ1n) is 8.13. The molecule has 10 heteroatoms. The summed E-state index contributed by atoms with van der Waals surface area (Å²) >= 11 is -0.198. The van der Waals surface area contributed by atoms with Crippen molar-refractivity contribution in [3.63, 3.8) is 0 Å². The van der Waals surface area contributed by atoms with Crippen LogP contribution in [0, 0.1) is 0 Å². The molecule has 1 aromatic heterocycles. The van der Waals surface area contributed by atoms with Crippen LogP contribution in [0.4, 0.5) is 19.1 Å². The minimum atomic E-state index is -4.34. The maximum absolute atomic E-state index is 12.6. The molecule has 6 nitrogen and oxygen atoms in total.